The van der Waals surface area contributed by atoms with E-state index in [9.17, 15) is 34.5 Å². The van der Waals surface area contributed by atoms with Crippen LogP contribution in [0.1, 0.15) is 32.2 Å². The number of hydrogen-bond acceptors (Lipinski definition) is 10. The van der Waals surface area contributed by atoms with Crippen molar-refractivity contribution < 1.29 is 33.7 Å². The minimum absolute atomic E-state index is 0.0756. The lowest BCUT2D eigenvalue weighted by Gasteiger charge is -2.26. The van der Waals surface area contributed by atoms with Crippen LogP contribution in [-0.2, 0) is 0 Å². The third kappa shape index (κ3) is 4.14. The first kappa shape index (κ1) is 25.4. The smallest absolute Gasteiger partial charge is 0.351 e. The van der Waals surface area contributed by atoms with E-state index >= 15 is 0 Å². The molecular weight excluding hydrogens is 530 g/mol. The van der Waals surface area contributed by atoms with Crippen LogP contribution in [0.3, 0.4) is 0 Å². The third-order valence-electron chi connectivity index (χ3n) is 6.88. The van der Waals surface area contributed by atoms with E-state index in [2.05, 4.69) is 5.32 Å². The fourth-order valence-corrected chi connectivity index (χ4v) is 4.93. The van der Waals surface area contributed by atoms with E-state index in [1.54, 1.807) is 24.3 Å². The second-order valence-corrected chi connectivity index (χ2v) is 9.27. The number of fused-ring (bicyclic) bond motifs is 2. The number of nitrogens with one attached hydrogen (secondary N) is 1. The molecule has 5 aromatic rings. The Kier molecular flexibility index (Phi) is 6.00. The number of ketones is 2. The molecule has 41 heavy (non-hydrogen) atoms. The average molecular weight is 549 g/mol. The number of aromatic hydroxyl groups is 3. The number of phenolic OH excluding ortho intramolecular Hbond substituents is 1. The van der Waals surface area contributed by atoms with Gasteiger partial charge >= 0.3 is 11.3 Å². The zero-order valence-electron chi connectivity index (χ0n) is 21.0. The number of phenols is 1. The van der Waals surface area contributed by atoms with Crippen LogP contribution in [0, 0.1) is 0 Å². The summed E-state index contributed by atoms with van der Waals surface area (Å²) in [6.07, 6.45) is 2.51. The number of allylic oxidation sites excluding steroid dienone is 2. The molecule has 0 fully saturated rings. The SMILES string of the molecule is O=C(C1=CNC=C(C(=O)c2c(O)c3ccccc3oc2=O)C1c1ccc(O)cc1)c1c(O)c2ccccc2oc1=O. The molecule has 0 bridgehead atoms. The van der Waals surface area contributed by atoms with Crippen LogP contribution in [0.25, 0.3) is 21.9 Å². The molecule has 0 spiro atoms. The fourth-order valence-electron chi connectivity index (χ4n) is 4.93. The zero-order chi connectivity index (χ0) is 28.8. The van der Waals surface area contributed by atoms with Crippen molar-refractivity contribution in [3.8, 4) is 17.2 Å². The molecule has 10 nitrogen and oxygen atoms in total. The Morgan fingerprint density at radius 2 is 1.07 bits per heavy atom. The summed E-state index contributed by atoms with van der Waals surface area (Å²) in [6, 6.07) is 17.9. The molecule has 2 aromatic heterocycles. The molecule has 0 saturated carbocycles. The topological polar surface area (TPSA) is 167 Å². The molecule has 0 atom stereocenters. The van der Waals surface area contributed by atoms with Gasteiger partial charge in [0.15, 0.2) is 11.1 Å². The van der Waals surface area contributed by atoms with Crippen LogP contribution in [0.2, 0.25) is 0 Å². The van der Waals surface area contributed by atoms with Gasteiger partial charge in [-0.3, -0.25) is 9.59 Å². The Morgan fingerprint density at radius 3 is 1.54 bits per heavy atom. The average Bonchev–Trinajstić information content (AvgIpc) is 2.97. The van der Waals surface area contributed by atoms with Crippen LogP contribution in [-0.4, -0.2) is 26.9 Å². The lowest BCUT2D eigenvalue weighted by Crippen LogP contribution is -2.29. The first-order valence-electron chi connectivity index (χ1n) is 12.3. The summed E-state index contributed by atoms with van der Waals surface area (Å²) in [5, 5.41) is 34.7. The molecule has 0 saturated heterocycles. The van der Waals surface area contributed by atoms with Crippen LogP contribution in [0.15, 0.2) is 115 Å². The minimum Gasteiger partial charge on any atom is -0.508 e. The number of dihydropyridines is 1. The highest BCUT2D eigenvalue weighted by atomic mass is 16.4. The van der Waals surface area contributed by atoms with Gasteiger partial charge in [0.1, 0.15) is 28.4 Å². The number of carbonyl (C=O) groups excluding carboxylic acids is 2. The molecule has 3 aromatic carbocycles. The van der Waals surface area contributed by atoms with Gasteiger partial charge in [0.25, 0.3) is 0 Å². The normalized spacial score (nSPS) is 13.5. The molecule has 4 N–H and O–H groups in total. The predicted molar refractivity (Wildman–Crippen MR) is 147 cm³/mol. The number of Topliss-reactive ketones (excluding diaryl/α,β-unsaturated/α-hetero) is 2. The third-order valence-corrected chi connectivity index (χ3v) is 6.88. The van der Waals surface area contributed by atoms with E-state index < -0.39 is 51.4 Å². The van der Waals surface area contributed by atoms with Crippen LogP contribution in [0.5, 0.6) is 17.2 Å². The summed E-state index contributed by atoms with van der Waals surface area (Å²) in [5.74, 6) is -4.36. The van der Waals surface area contributed by atoms with Gasteiger partial charge in [-0.25, -0.2) is 9.59 Å². The molecule has 0 aliphatic carbocycles. The number of para-hydroxylation sites is 2. The van der Waals surface area contributed by atoms with E-state index in [4.69, 9.17) is 8.83 Å². The van der Waals surface area contributed by atoms with E-state index in [1.807, 2.05) is 0 Å². The Hall–Kier alpha value is -5.90. The van der Waals surface area contributed by atoms with Crippen LogP contribution >= 0.6 is 0 Å². The minimum atomic E-state index is -1.20. The van der Waals surface area contributed by atoms with E-state index in [0.717, 1.165) is 0 Å². The van der Waals surface area contributed by atoms with Gasteiger partial charge in [0, 0.05) is 29.5 Å². The number of carbonyl (C=O) groups is 2. The maximum atomic E-state index is 13.9. The standard InChI is InChI=1S/C31H19NO9/c33-16-11-9-15(10-12-16)23-19(28(36)24-26(34)17-5-1-3-7-21(17)40-30(24)38)13-32-14-20(23)29(37)25-27(35)18-6-2-4-8-22(18)41-31(25)39/h1-14,23,32-35H. The largest absolute Gasteiger partial charge is 0.508 e. The van der Waals surface area contributed by atoms with Gasteiger partial charge in [0.05, 0.1) is 10.8 Å². The predicted octanol–water partition coefficient (Wildman–Crippen LogP) is 4.24. The molecule has 0 unspecified atom stereocenters. The second kappa shape index (κ2) is 9.69. The summed E-state index contributed by atoms with van der Waals surface area (Å²) < 4.78 is 10.5. The Bertz CT molecular complexity index is 1950. The van der Waals surface area contributed by atoms with Crippen molar-refractivity contribution in [1.82, 2.24) is 5.32 Å². The van der Waals surface area contributed by atoms with Crippen molar-refractivity contribution in [2.45, 2.75) is 5.92 Å². The zero-order valence-corrected chi connectivity index (χ0v) is 21.0. The second-order valence-electron chi connectivity index (χ2n) is 9.27. The molecular formula is C31H19NO9. The first-order valence-corrected chi connectivity index (χ1v) is 12.3. The summed E-state index contributed by atoms with van der Waals surface area (Å²) in [5.41, 5.74) is -3.30. The molecule has 202 valence electrons. The summed E-state index contributed by atoms with van der Waals surface area (Å²) >= 11 is 0. The van der Waals surface area contributed by atoms with Crippen LogP contribution < -0.4 is 16.6 Å². The van der Waals surface area contributed by atoms with E-state index in [-0.39, 0.29) is 38.8 Å². The molecule has 0 radical (unpaired) electrons. The lowest BCUT2D eigenvalue weighted by molar-refractivity contribution is 0.101. The number of rotatable bonds is 5. The number of hydrogen-bond donors (Lipinski definition) is 4. The number of benzene rings is 3. The highest BCUT2D eigenvalue weighted by Crippen LogP contribution is 2.40. The summed E-state index contributed by atoms with van der Waals surface area (Å²) in [4.78, 5) is 53.6. The molecule has 1 aliphatic rings. The van der Waals surface area contributed by atoms with Crippen molar-refractivity contribution in [3.05, 3.63) is 134 Å². The van der Waals surface area contributed by atoms with E-state index in [0.29, 0.717) is 5.56 Å². The summed E-state index contributed by atoms with van der Waals surface area (Å²) in [6.45, 7) is 0. The van der Waals surface area contributed by atoms with Gasteiger partial charge < -0.3 is 29.5 Å². The Morgan fingerprint density at radius 1 is 0.634 bits per heavy atom. The highest BCUT2D eigenvalue weighted by Gasteiger charge is 2.37. The fraction of sp³-hybridized carbons (Fsp3) is 0.0323. The van der Waals surface area contributed by atoms with Gasteiger partial charge in [-0.2, -0.15) is 0 Å². The van der Waals surface area contributed by atoms with Crippen molar-refractivity contribution in [1.29, 1.82) is 0 Å². The maximum Gasteiger partial charge on any atom is 0.351 e. The van der Waals surface area contributed by atoms with Crippen molar-refractivity contribution in [2.75, 3.05) is 0 Å². The maximum absolute atomic E-state index is 13.9. The Labute approximate surface area is 229 Å². The molecule has 6 rings (SSSR count). The van der Waals surface area contributed by atoms with Gasteiger partial charge in [-0.1, -0.05) is 36.4 Å². The van der Waals surface area contributed by atoms with Crippen molar-refractivity contribution >= 4 is 33.5 Å². The van der Waals surface area contributed by atoms with Gasteiger partial charge in [0.2, 0.25) is 11.6 Å². The molecule has 3 heterocycles. The van der Waals surface area contributed by atoms with Crippen LogP contribution in [0.4, 0.5) is 0 Å². The van der Waals surface area contributed by atoms with E-state index in [1.165, 1.54) is 60.9 Å². The highest BCUT2D eigenvalue weighted by molar-refractivity contribution is 6.18. The first-order chi connectivity index (χ1) is 19.8. The van der Waals surface area contributed by atoms with Gasteiger partial charge in [-0.15, -0.1) is 0 Å². The molecule has 10 heteroatoms. The quantitative estimate of drug-likeness (QED) is 0.184. The lowest BCUT2D eigenvalue weighted by atomic mass is 9.78. The Balaban J connectivity index is 1.52. The molecule has 1 aliphatic heterocycles. The van der Waals surface area contributed by atoms with Gasteiger partial charge in [-0.05, 0) is 42.0 Å². The molecule has 0 amide bonds. The van der Waals surface area contributed by atoms with Crippen molar-refractivity contribution in [2.24, 2.45) is 0 Å². The summed E-state index contributed by atoms with van der Waals surface area (Å²) in [7, 11) is 0. The van der Waals surface area contributed by atoms with Crippen molar-refractivity contribution in [3.63, 3.8) is 0 Å². The monoisotopic (exact) mass is 549 g/mol.